The SMILES string of the molecule is COc1ccc(CC[C@H]2OC(=O)[C@@H]3CCCCN3C(=O)C(=O)C(C)(C)COC(=O)/C=C/CCCN(C)C(=O)[C@@H]3CCCN3C(=O)[C@H](COC(C)(C)C)N(C)C(=O)[C@H](c3ccccc3)NC(=O)[C@H](C)N(C)C(=O)COc3cc(F)cc2c3)cc1OC. The lowest BCUT2D eigenvalue weighted by molar-refractivity contribution is -0.165. The molecule has 0 spiro atoms. The lowest BCUT2D eigenvalue weighted by Crippen LogP contribution is -2.58. The molecule has 3 aromatic rings. The van der Waals surface area contributed by atoms with Crippen molar-refractivity contribution >= 4 is 53.2 Å². The van der Waals surface area contributed by atoms with Crippen molar-refractivity contribution in [3.8, 4) is 17.2 Å². The van der Waals surface area contributed by atoms with Gasteiger partial charge in [0.25, 0.3) is 11.8 Å². The maximum atomic E-state index is 15.8. The number of carbonyl (C=O) groups excluding carboxylic acids is 9. The third-order valence-corrected chi connectivity index (χ3v) is 15.6. The van der Waals surface area contributed by atoms with Crippen molar-refractivity contribution in [3.05, 3.63) is 101 Å². The van der Waals surface area contributed by atoms with Crippen LogP contribution in [-0.2, 0) is 63.8 Å². The van der Waals surface area contributed by atoms with Gasteiger partial charge in [0.15, 0.2) is 18.1 Å². The maximum absolute atomic E-state index is 15.8. The van der Waals surface area contributed by atoms with Gasteiger partial charge in [-0.3, -0.25) is 33.6 Å². The van der Waals surface area contributed by atoms with Crippen molar-refractivity contribution < 1.29 is 76.0 Å². The van der Waals surface area contributed by atoms with Gasteiger partial charge in [-0.2, -0.15) is 0 Å². The Hall–Kier alpha value is -7.88. The first-order valence-electron chi connectivity index (χ1n) is 28.9. The average Bonchev–Trinajstić information content (AvgIpc) is 4.18. The van der Waals surface area contributed by atoms with Gasteiger partial charge in [0, 0.05) is 52.9 Å². The van der Waals surface area contributed by atoms with Crippen LogP contribution >= 0.6 is 0 Å². The van der Waals surface area contributed by atoms with Crippen LogP contribution in [0.3, 0.4) is 0 Å². The van der Waals surface area contributed by atoms with Crippen LogP contribution in [0.5, 0.6) is 17.2 Å². The number of ether oxygens (including phenoxy) is 6. The molecule has 0 saturated carbocycles. The van der Waals surface area contributed by atoms with Crippen LogP contribution in [0.25, 0.3) is 0 Å². The highest BCUT2D eigenvalue weighted by atomic mass is 19.1. The van der Waals surface area contributed by atoms with E-state index in [1.165, 1.54) is 80.8 Å². The van der Waals surface area contributed by atoms with Crippen LogP contribution in [0.1, 0.15) is 122 Å². The van der Waals surface area contributed by atoms with Gasteiger partial charge in [-0.15, -0.1) is 0 Å². The van der Waals surface area contributed by atoms with Gasteiger partial charge in [-0.05, 0) is 140 Å². The number of esters is 2. The summed E-state index contributed by atoms with van der Waals surface area (Å²) in [6.07, 6.45) is 4.74. The fraction of sp³-hybridized carbons (Fsp3) is 0.540. The first-order chi connectivity index (χ1) is 40.2. The van der Waals surface area contributed by atoms with Crippen molar-refractivity contribution in [1.82, 2.24) is 29.8 Å². The number of benzene rings is 3. The average molecular weight is 1180 g/mol. The van der Waals surface area contributed by atoms with Crippen molar-refractivity contribution in [2.24, 2.45) is 5.41 Å². The summed E-state index contributed by atoms with van der Waals surface area (Å²) in [7, 11) is 7.40. The molecule has 2 saturated heterocycles. The van der Waals surface area contributed by atoms with E-state index in [1.54, 1.807) is 82.4 Å². The number of methoxy groups -OCH3 is 2. The highest BCUT2D eigenvalue weighted by Gasteiger charge is 2.45. The Bertz CT molecular complexity index is 2930. The number of likely N-dealkylation sites (N-methyl/N-ethyl adjacent to an activating group) is 3. The number of aryl methyl sites for hydroxylation is 1. The van der Waals surface area contributed by atoms with E-state index < -0.39 is 114 Å². The molecule has 1 N–H and O–H groups in total. The molecular formula is C63H83FN6O15. The van der Waals surface area contributed by atoms with Crippen molar-refractivity contribution in [1.29, 1.82) is 0 Å². The van der Waals surface area contributed by atoms with Crippen LogP contribution in [-0.4, -0.2) is 182 Å². The van der Waals surface area contributed by atoms with Crippen LogP contribution < -0.4 is 19.5 Å². The molecule has 2 fully saturated rings. The number of halogens is 1. The molecule has 3 heterocycles. The summed E-state index contributed by atoms with van der Waals surface area (Å²) in [4.78, 5) is 134. The predicted molar refractivity (Wildman–Crippen MR) is 310 cm³/mol. The van der Waals surface area contributed by atoms with E-state index in [9.17, 15) is 43.2 Å². The number of hydrogen-bond acceptors (Lipinski definition) is 15. The minimum absolute atomic E-state index is 0.0500. The Balaban J connectivity index is 1.33. The molecule has 3 aliphatic rings. The number of amides is 6. The first kappa shape index (κ1) is 66.3. The quantitative estimate of drug-likeness (QED) is 0.198. The second-order valence-corrected chi connectivity index (χ2v) is 23.4. The molecule has 462 valence electrons. The summed E-state index contributed by atoms with van der Waals surface area (Å²) < 4.78 is 50.5. The molecule has 0 aromatic heterocycles. The second-order valence-electron chi connectivity index (χ2n) is 23.4. The first-order valence-corrected chi connectivity index (χ1v) is 28.9. The van der Waals surface area contributed by atoms with Gasteiger partial charge in [0.2, 0.25) is 29.4 Å². The van der Waals surface area contributed by atoms with Gasteiger partial charge in [-0.1, -0.05) is 42.5 Å². The van der Waals surface area contributed by atoms with Gasteiger partial charge in [0.05, 0.1) is 31.8 Å². The fourth-order valence-electron chi connectivity index (χ4n) is 10.2. The minimum Gasteiger partial charge on any atom is -0.493 e. The lowest BCUT2D eigenvalue weighted by Gasteiger charge is -2.37. The lowest BCUT2D eigenvalue weighted by atomic mass is 9.87. The van der Waals surface area contributed by atoms with E-state index in [4.69, 9.17) is 28.4 Å². The monoisotopic (exact) mass is 1180 g/mol. The normalized spacial score (nSPS) is 24.0. The molecule has 21 nitrogen and oxygen atoms in total. The highest BCUT2D eigenvalue weighted by molar-refractivity contribution is 6.38. The molecule has 3 aliphatic heterocycles. The summed E-state index contributed by atoms with van der Waals surface area (Å²) in [5.41, 5.74) is -1.01. The summed E-state index contributed by atoms with van der Waals surface area (Å²) in [6.45, 7) is 8.90. The van der Waals surface area contributed by atoms with Gasteiger partial charge in [-0.25, -0.2) is 14.0 Å². The summed E-state index contributed by atoms with van der Waals surface area (Å²) >= 11 is 0. The zero-order chi connectivity index (χ0) is 62.3. The van der Waals surface area contributed by atoms with E-state index in [0.717, 1.165) is 22.6 Å². The molecule has 0 aliphatic carbocycles. The highest BCUT2D eigenvalue weighted by Crippen LogP contribution is 2.34. The molecule has 0 radical (unpaired) electrons. The van der Waals surface area contributed by atoms with E-state index in [1.807, 2.05) is 0 Å². The smallest absolute Gasteiger partial charge is 0.330 e. The van der Waals surface area contributed by atoms with Gasteiger partial charge < -0.3 is 58.2 Å². The van der Waals surface area contributed by atoms with E-state index in [-0.39, 0.29) is 62.7 Å². The molecule has 0 unspecified atom stereocenters. The number of carbonyl (C=O) groups is 9. The third-order valence-electron chi connectivity index (χ3n) is 15.6. The number of cyclic esters (lactones) is 2. The molecular weight excluding hydrogens is 1100 g/mol. The molecule has 6 rings (SSSR count). The molecule has 22 heteroatoms. The minimum atomic E-state index is -1.52. The van der Waals surface area contributed by atoms with E-state index in [0.29, 0.717) is 55.6 Å². The summed E-state index contributed by atoms with van der Waals surface area (Å²) in [6, 6.07) is 11.3. The number of nitrogens with zero attached hydrogens (tertiary/aromatic N) is 5. The Morgan fingerprint density at radius 3 is 2.12 bits per heavy atom. The second kappa shape index (κ2) is 29.8. The standard InChI is InChI=1S/C63H83FN6O15/c1-40-56(74)65-54(42-21-14-12-15-22-42)59(77)68(9)48(37-84-62(2,3)4)58(76)69-32-20-24-46(69)57(75)66(7)30-18-13-16-25-53(72)83-39-63(5,6)55(73)60(78)70-31-19-17-23-47(70)61(79)85-49(28-26-41-27-29-50(80-10)51(33-41)81-11)43-34-44(64)36-45(35-43)82-38-52(71)67(40)8/h12,14-16,21-22,25,27,29,33-36,40,46-49,54H,13,17-20,23-24,26,28,30-32,37-39H2,1-11H3,(H,65,74)/b25-16+/t40-,46-,47-,48-,49+,54-/m0/s1. The Morgan fingerprint density at radius 2 is 1.42 bits per heavy atom. The molecule has 6 amide bonds. The number of hydrogen-bond donors (Lipinski definition) is 1. The van der Waals surface area contributed by atoms with Gasteiger partial charge in [0.1, 0.15) is 54.5 Å². The number of fused-ring (bicyclic) bond motifs is 4. The number of ketones is 1. The fourth-order valence-corrected chi connectivity index (χ4v) is 10.2. The Labute approximate surface area is 497 Å². The maximum Gasteiger partial charge on any atom is 0.330 e. The number of piperidine rings is 1. The number of nitrogens with one attached hydrogen (secondary N) is 1. The van der Waals surface area contributed by atoms with Crippen LogP contribution in [0.4, 0.5) is 4.39 Å². The van der Waals surface area contributed by atoms with Crippen LogP contribution in [0, 0.1) is 11.2 Å². The molecule has 6 atom stereocenters. The number of allylic oxidation sites excluding steroid dienone is 1. The van der Waals surface area contributed by atoms with Crippen molar-refractivity contribution in [2.45, 2.75) is 141 Å². The number of rotatable bonds is 8. The van der Waals surface area contributed by atoms with E-state index >= 15 is 4.39 Å². The Kier molecular flexibility index (Phi) is 23.2. The third kappa shape index (κ3) is 17.6. The number of Topliss-reactive ketones (excluding diaryl/α,β-unsaturated/α-hetero) is 1. The predicted octanol–water partition coefficient (Wildman–Crippen LogP) is 6.10. The largest absolute Gasteiger partial charge is 0.493 e. The summed E-state index contributed by atoms with van der Waals surface area (Å²) in [5.74, 6) is -6.47. The molecule has 85 heavy (non-hydrogen) atoms. The van der Waals surface area contributed by atoms with Crippen molar-refractivity contribution in [3.63, 3.8) is 0 Å². The molecule has 3 aromatic carbocycles. The van der Waals surface area contributed by atoms with Crippen molar-refractivity contribution in [2.75, 3.05) is 74.8 Å². The molecule has 2 bridgehead atoms. The Morgan fingerprint density at radius 1 is 0.729 bits per heavy atom. The summed E-state index contributed by atoms with van der Waals surface area (Å²) in [5, 5.41) is 2.80. The van der Waals surface area contributed by atoms with E-state index in [2.05, 4.69) is 5.32 Å². The van der Waals surface area contributed by atoms with Crippen LogP contribution in [0.15, 0.2) is 78.9 Å². The topological polar surface area (TPSA) is 237 Å². The van der Waals surface area contributed by atoms with Crippen LogP contribution in [0.2, 0.25) is 0 Å². The van der Waals surface area contributed by atoms with Gasteiger partial charge >= 0.3 is 11.9 Å². The zero-order valence-corrected chi connectivity index (χ0v) is 50.8. The zero-order valence-electron chi connectivity index (χ0n) is 50.8.